The largest absolute Gasteiger partial charge is 0.450 e. The van der Waals surface area contributed by atoms with Crippen molar-refractivity contribution in [3.8, 4) is 0 Å². The van der Waals surface area contributed by atoms with Gasteiger partial charge in [0, 0.05) is 31.6 Å². The molecule has 1 atom stereocenters. The molecule has 2 aliphatic rings. The van der Waals surface area contributed by atoms with Crippen LogP contribution >= 0.6 is 0 Å². The van der Waals surface area contributed by atoms with Crippen molar-refractivity contribution in [2.75, 3.05) is 26.2 Å². The van der Waals surface area contributed by atoms with Crippen molar-refractivity contribution >= 4 is 12.1 Å². The molecular weight excluding hydrogens is 328 g/mol. The van der Waals surface area contributed by atoms with Gasteiger partial charge in [0.15, 0.2) is 5.96 Å². The molecule has 1 aliphatic heterocycles. The Morgan fingerprint density at radius 1 is 1.31 bits per heavy atom. The first kappa shape index (κ1) is 18.5. The number of fused-ring (bicyclic) bond motifs is 1. The van der Waals surface area contributed by atoms with E-state index in [4.69, 9.17) is 10.5 Å². The summed E-state index contributed by atoms with van der Waals surface area (Å²) in [6.07, 6.45) is 5.07. The fraction of sp³-hybridized carbons (Fsp3) is 0.600. The minimum Gasteiger partial charge on any atom is -0.450 e. The van der Waals surface area contributed by atoms with Gasteiger partial charge in [0.25, 0.3) is 0 Å². The number of rotatable bonds is 4. The van der Waals surface area contributed by atoms with Crippen LogP contribution in [0.15, 0.2) is 29.3 Å². The van der Waals surface area contributed by atoms with Gasteiger partial charge < -0.3 is 20.7 Å². The summed E-state index contributed by atoms with van der Waals surface area (Å²) in [5.74, 6) is 0.980. The maximum atomic E-state index is 11.7. The van der Waals surface area contributed by atoms with E-state index in [-0.39, 0.29) is 12.1 Å². The van der Waals surface area contributed by atoms with E-state index in [2.05, 4.69) is 34.6 Å². The zero-order chi connectivity index (χ0) is 18.4. The maximum absolute atomic E-state index is 11.7. The number of carbonyl (C=O) groups is 1. The Morgan fingerprint density at radius 3 is 2.85 bits per heavy atom. The molecule has 0 aromatic heterocycles. The molecule has 1 heterocycles. The van der Waals surface area contributed by atoms with Crippen LogP contribution in [0.1, 0.15) is 49.7 Å². The summed E-state index contributed by atoms with van der Waals surface area (Å²) in [7, 11) is 0. The highest BCUT2D eigenvalue weighted by Gasteiger charge is 2.24. The second-order valence-electron chi connectivity index (χ2n) is 7.12. The van der Waals surface area contributed by atoms with Crippen LogP contribution in [0.25, 0.3) is 0 Å². The van der Waals surface area contributed by atoms with E-state index in [0.29, 0.717) is 31.6 Å². The van der Waals surface area contributed by atoms with Gasteiger partial charge in [-0.05, 0) is 50.2 Å². The monoisotopic (exact) mass is 358 g/mol. The summed E-state index contributed by atoms with van der Waals surface area (Å²) >= 11 is 0. The van der Waals surface area contributed by atoms with Gasteiger partial charge in [-0.2, -0.15) is 0 Å². The zero-order valence-electron chi connectivity index (χ0n) is 15.6. The first-order valence-corrected chi connectivity index (χ1v) is 9.73. The molecule has 142 valence electrons. The van der Waals surface area contributed by atoms with Gasteiger partial charge in [-0.25, -0.2) is 4.79 Å². The Kier molecular flexibility index (Phi) is 6.36. The third-order valence-electron chi connectivity index (χ3n) is 5.35. The number of aliphatic imine (C=N–C) groups is 1. The second-order valence-corrected chi connectivity index (χ2v) is 7.12. The lowest BCUT2D eigenvalue weighted by atomic mass is 9.83. The molecule has 3 N–H and O–H groups in total. The molecule has 1 fully saturated rings. The molecule has 1 aromatic rings. The summed E-state index contributed by atoms with van der Waals surface area (Å²) < 4.78 is 5.05. The number of likely N-dealkylation sites (tertiary alicyclic amines) is 1. The molecule has 6 heteroatoms. The van der Waals surface area contributed by atoms with Crippen molar-refractivity contribution in [3.63, 3.8) is 0 Å². The number of nitrogens with two attached hydrogens (primary N) is 1. The summed E-state index contributed by atoms with van der Waals surface area (Å²) in [6, 6.07) is 8.94. The fourth-order valence-electron chi connectivity index (χ4n) is 3.93. The number of ether oxygens (including phenoxy) is 1. The number of benzene rings is 1. The fourth-order valence-corrected chi connectivity index (χ4v) is 3.93. The third kappa shape index (κ3) is 4.68. The number of guanidine groups is 1. The summed E-state index contributed by atoms with van der Waals surface area (Å²) in [6.45, 7) is 4.37. The lowest BCUT2D eigenvalue weighted by molar-refractivity contribution is 0.0963. The highest BCUT2D eigenvalue weighted by Crippen LogP contribution is 2.31. The van der Waals surface area contributed by atoms with Gasteiger partial charge in [0.1, 0.15) is 0 Å². The second kappa shape index (κ2) is 8.92. The highest BCUT2D eigenvalue weighted by molar-refractivity contribution is 5.78. The van der Waals surface area contributed by atoms with Crippen molar-refractivity contribution in [2.24, 2.45) is 10.7 Å². The van der Waals surface area contributed by atoms with E-state index >= 15 is 0 Å². The molecule has 26 heavy (non-hydrogen) atoms. The molecule has 0 spiro atoms. The number of aryl methyl sites for hydroxylation is 1. The van der Waals surface area contributed by atoms with Crippen molar-refractivity contribution in [1.82, 2.24) is 10.2 Å². The van der Waals surface area contributed by atoms with Crippen molar-refractivity contribution < 1.29 is 9.53 Å². The van der Waals surface area contributed by atoms with E-state index in [1.54, 1.807) is 4.90 Å². The van der Waals surface area contributed by atoms with Crippen LogP contribution in [-0.4, -0.2) is 49.2 Å². The number of nitrogens with one attached hydrogen (secondary N) is 1. The molecule has 1 saturated heterocycles. The van der Waals surface area contributed by atoms with Gasteiger partial charge in [-0.1, -0.05) is 24.3 Å². The number of hydrogen-bond donors (Lipinski definition) is 2. The van der Waals surface area contributed by atoms with Gasteiger partial charge in [-0.3, -0.25) is 4.99 Å². The van der Waals surface area contributed by atoms with Crippen LogP contribution in [0.4, 0.5) is 4.79 Å². The molecule has 1 amide bonds. The van der Waals surface area contributed by atoms with Crippen molar-refractivity contribution in [3.05, 3.63) is 35.4 Å². The Labute approximate surface area is 155 Å². The molecule has 1 aromatic carbocycles. The van der Waals surface area contributed by atoms with Crippen LogP contribution in [-0.2, 0) is 11.2 Å². The average Bonchev–Trinajstić information content (AvgIpc) is 2.67. The summed E-state index contributed by atoms with van der Waals surface area (Å²) in [4.78, 5) is 18.1. The molecule has 0 radical (unpaired) electrons. The predicted molar refractivity (Wildman–Crippen MR) is 103 cm³/mol. The van der Waals surface area contributed by atoms with Crippen LogP contribution < -0.4 is 11.1 Å². The van der Waals surface area contributed by atoms with E-state index in [1.807, 2.05) is 6.92 Å². The molecular formula is C20H30N4O2. The summed E-state index contributed by atoms with van der Waals surface area (Å²) in [5, 5.41) is 3.32. The Balaban J connectivity index is 1.47. The first-order valence-electron chi connectivity index (χ1n) is 9.73. The average molecular weight is 358 g/mol. The minimum absolute atomic E-state index is 0.219. The Bertz CT molecular complexity index is 638. The quantitative estimate of drug-likeness (QED) is 0.640. The number of amides is 1. The lowest BCUT2D eigenvalue weighted by Crippen LogP contribution is -2.48. The number of carbonyl (C=O) groups excluding carboxylic acids is 1. The minimum atomic E-state index is -0.219. The van der Waals surface area contributed by atoms with Crippen molar-refractivity contribution in [2.45, 2.75) is 51.0 Å². The molecule has 3 rings (SSSR count). The third-order valence-corrected chi connectivity index (χ3v) is 5.35. The van der Waals surface area contributed by atoms with Gasteiger partial charge in [0.05, 0.1) is 6.61 Å². The van der Waals surface area contributed by atoms with Crippen LogP contribution in [0.5, 0.6) is 0 Å². The predicted octanol–water partition coefficient (Wildman–Crippen LogP) is 2.63. The van der Waals surface area contributed by atoms with E-state index in [1.165, 1.54) is 30.4 Å². The molecule has 0 saturated carbocycles. The zero-order valence-corrected chi connectivity index (χ0v) is 15.6. The van der Waals surface area contributed by atoms with E-state index in [0.717, 1.165) is 19.4 Å². The summed E-state index contributed by atoms with van der Waals surface area (Å²) in [5.41, 5.74) is 9.00. The van der Waals surface area contributed by atoms with Gasteiger partial charge in [-0.15, -0.1) is 0 Å². The molecule has 1 unspecified atom stereocenters. The maximum Gasteiger partial charge on any atom is 0.409 e. The molecule has 0 bridgehead atoms. The number of nitrogens with zero attached hydrogens (tertiary/aromatic N) is 2. The number of hydrogen-bond acceptors (Lipinski definition) is 3. The topological polar surface area (TPSA) is 80.0 Å². The molecule has 1 aliphatic carbocycles. The van der Waals surface area contributed by atoms with E-state index < -0.39 is 0 Å². The first-order chi connectivity index (χ1) is 12.7. The number of piperidine rings is 1. The van der Waals surface area contributed by atoms with Crippen LogP contribution in [0, 0.1) is 0 Å². The lowest BCUT2D eigenvalue weighted by Gasteiger charge is -2.32. The van der Waals surface area contributed by atoms with E-state index in [9.17, 15) is 4.79 Å². The van der Waals surface area contributed by atoms with Crippen LogP contribution in [0.3, 0.4) is 0 Å². The SMILES string of the molecule is CCOC(=O)N1CCC(NC(N)=NCC2CCCc3ccccc32)CC1. The normalized spacial score (nSPS) is 21.2. The smallest absolute Gasteiger partial charge is 0.409 e. The van der Waals surface area contributed by atoms with Gasteiger partial charge >= 0.3 is 6.09 Å². The van der Waals surface area contributed by atoms with Crippen molar-refractivity contribution in [1.29, 1.82) is 0 Å². The molecule has 6 nitrogen and oxygen atoms in total. The highest BCUT2D eigenvalue weighted by atomic mass is 16.6. The Morgan fingerprint density at radius 2 is 2.08 bits per heavy atom. The standard InChI is InChI=1S/C20H30N4O2/c1-2-26-20(25)24-12-10-17(11-13-24)23-19(21)22-14-16-8-5-7-15-6-3-4-9-18(15)16/h3-4,6,9,16-17H,2,5,7-8,10-14H2,1H3,(H3,21,22,23). The Hall–Kier alpha value is -2.24. The van der Waals surface area contributed by atoms with Crippen LogP contribution in [0.2, 0.25) is 0 Å². The van der Waals surface area contributed by atoms with Gasteiger partial charge in [0.2, 0.25) is 0 Å².